The molecule has 0 saturated heterocycles. The summed E-state index contributed by atoms with van der Waals surface area (Å²) in [5.41, 5.74) is 0.725. The molecule has 1 heterocycles. The van der Waals surface area contributed by atoms with Gasteiger partial charge in [-0.2, -0.15) is 0 Å². The Bertz CT molecular complexity index is 615. The van der Waals surface area contributed by atoms with Crippen LogP contribution in [-0.2, 0) is 0 Å². The molecule has 0 bridgehead atoms. The number of nitrogens with one attached hydrogen (secondary N) is 1. The van der Waals surface area contributed by atoms with Crippen LogP contribution in [0.3, 0.4) is 0 Å². The van der Waals surface area contributed by atoms with Gasteiger partial charge in [-0.1, -0.05) is 6.07 Å². The molecule has 0 spiro atoms. The molecular formula is C15H17FN4O. The van der Waals surface area contributed by atoms with Gasteiger partial charge in [0.15, 0.2) is 5.69 Å². The van der Waals surface area contributed by atoms with Crippen LogP contribution in [0.4, 0.5) is 15.9 Å². The third-order valence-corrected chi connectivity index (χ3v) is 2.92. The second-order valence-electron chi connectivity index (χ2n) is 4.36. The summed E-state index contributed by atoms with van der Waals surface area (Å²) in [5.74, 6) is -0.0752. The maximum atomic E-state index is 13.3. The molecule has 1 aromatic heterocycles. The Balaban J connectivity index is 2.23. The lowest BCUT2D eigenvalue weighted by Crippen LogP contribution is -2.31. The quantitative estimate of drug-likeness (QED) is 0.919. The van der Waals surface area contributed by atoms with E-state index in [1.54, 1.807) is 24.3 Å². The van der Waals surface area contributed by atoms with Gasteiger partial charge in [0.2, 0.25) is 0 Å². The maximum absolute atomic E-state index is 13.3. The number of rotatable bonds is 5. The zero-order chi connectivity index (χ0) is 15.2. The molecule has 0 unspecified atom stereocenters. The van der Waals surface area contributed by atoms with Gasteiger partial charge in [0.25, 0.3) is 5.91 Å². The number of anilines is 2. The van der Waals surface area contributed by atoms with Crippen molar-refractivity contribution in [3.63, 3.8) is 0 Å². The normalized spacial score (nSPS) is 10.2. The van der Waals surface area contributed by atoms with Crippen LogP contribution in [0.1, 0.15) is 24.3 Å². The van der Waals surface area contributed by atoms with E-state index in [-0.39, 0.29) is 17.4 Å². The molecule has 0 saturated carbocycles. The lowest BCUT2D eigenvalue weighted by molar-refractivity contribution is 0.0982. The summed E-state index contributed by atoms with van der Waals surface area (Å²) >= 11 is 0. The number of aromatic nitrogens is 2. The minimum atomic E-state index is -0.382. The fourth-order valence-corrected chi connectivity index (χ4v) is 1.95. The van der Waals surface area contributed by atoms with Crippen LogP contribution in [0.2, 0.25) is 0 Å². The Morgan fingerprint density at radius 2 is 2.05 bits per heavy atom. The Morgan fingerprint density at radius 3 is 2.62 bits per heavy atom. The summed E-state index contributed by atoms with van der Waals surface area (Å²) in [6.45, 7) is 4.91. The molecule has 0 radical (unpaired) electrons. The molecule has 0 aliphatic carbocycles. The number of nitrogens with zero attached hydrogens (tertiary/aromatic N) is 3. The molecule has 2 rings (SSSR count). The molecule has 110 valence electrons. The minimum Gasteiger partial charge on any atom is -0.369 e. The first-order chi connectivity index (χ1) is 10.2. The number of halogens is 1. The average Bonchev–Trinajstić information content (AvgIpc) is 2.49. The van der Waals surface area contributed by atoms with Crippen LogP contribution in [0.15, 0.2) is 36.4 Å². The molecule has 0 fully saturated rings. The predicted octanol–water partition coefficient (Wildman–Crippen LogP) is 2.71. The molecule has 1 aromatic carbocycles. The predicted molar refractivity (Wildman–Crippen MR) is 79.9 cm³/mol. The Morgan fingerprint density at radius 1 is 1.24 bits per heavy atom. The fraction of sp³-hybridized carbons (Fsp3) is 0.267. The zero-order valence-electron chi connectivity index (χ0n) is 12.0. The third kappa shape index (κ3) is 3.53. The first-order valence-corrected chi connectivity index (χ1v) is 6.80. The molecule has 6 heteroatoms. The summed E-state index contributed by atoms with van der Waals surface area (Å²) in [7, 11) is 0. The molecular weight excluding hydrogens is 271 g/mol. The Hall–Kier alpha value is -2.50. The van der Waals surface area contributed by atoms with Crippen molar-refractivity contribution in [3.8, 4) is 0 Å². The summed E-state index contributed by atoms with van der Waals surface area (Å²) in [6, 6.07) is 9.22. The topological polar surface area (TPSA) is 58.1 Å². The molecule has 0 atom stereocenters. The number of hydrogen-bond acceptors (Lipinski definition) is 4. The van der Waals surface area contributed by atoms with Crippen LogP contribution in [-0.4, -0.2) is 29.2 Å². The smallest absolute Gasteiger partial charge is 0.278 e. The van der Waals surface area contributed by atoms with Gasteiger partial charge in [0.05, 0.1) is 0 Å². The Labute approximate surface area is 122 Å². The average molecular weight is 288 g/mol. The number of amides is 1. The van der Waals surface area contributed by atoms with Crippen molar-refractivity contribution in [1.29, 1.82) is 0 Å². The largest absolute Gasteiger partial charge is 0.369 e. The molecule has 21 heavy (non-hydrogen) atoms. The third-order valence-electron chi connectivity index (χ3n) is 2.92. The second-order valence-corrected chi connectivity index (χ2v) is 4.36. The maximum Gasteiger partial charge on any atom is 0.278 e. The fourth-order valence-electron chi connectivity index (χ4n) is 1.95. The van der Waals surface area contributed by atoms with Gasteiger partial charge in [-0.05, 0) is 44.2 Å². The van der Waals surface area contributed by atoms with Crippen LogP contribution < -0.4 is 10.2 Å². The van der Waals surface area contributed by atoms with Gasteiger partial charge in [0.1, 0.15) is 11.6 Å². The van der Waals surface area contributed by atoms with E-state index in [4.69, 9.17) is 0 Å². The van der Waals surface area contributed by atoms with E-state index in [1.165, 1.54) is 17.0 Å². The molecule has 1 amide bonds. The standard InChI is InChI=1S/C15H17FN4O/c1-3-17-14-9-8-13(18-19-14)15(21)20(4-2)12-7-5-6-11(16)10-12/h5-10H,3-4H2,1-2H3,(H,17,19). The number of carbonyl (C=O) groups is 1. The van der Waals surface area contributed by atoms with Crippen molar-refractivity contribution >= 4 is 17.4 Å². The van der Waals surface area contributed by atoms with Crippen LogP contribution in [0, 0.1) is 5.82 Å². The highest BCUT2D eigenvalue weighted by molar-refractivity contribution is 6.04. The lowest BCUT2D eigenvalue weighted by Gasteiger charge is -2.20. The van der Waals surface area contributed by atoms with E-state index < -0.39 is 0 Å². The van der Waals surface area contributed by atoms with E-state index in [9.17, 15) is 9.18 Å². The van der Waals surface area contributed by atoms with E-state index in [0.29, 0.717) is 18.1 Å². The van der Waals surface area contributed by atoms with E-state index in [1.807, 2.05) is 13.8 Å². The van der Waals surface area contributed by atoms with Crippen molar-refractivity contribution in [1.82, 2.24) is 10.2 Å². The highest BCUT2D eigenvalue weighted by Gasteiger charge is 2.18. The minimum absolute atomic E-state index is 0.225. The summed E-state index contributed by atoms with van der Waals surface area (Å²) in [5, 5.41) is 10.9. The zero-order valence-corrected chi connectivity index (χ0v) is 12.0. The van der Waals surface area contributed by atoms with Crippen molar-refractivity contribution in [3.05, 3.63) is 47.9 Å². The van der Waals surface area contributed by atoms with Gasteiger partial charge in [-0.15, -0.1) is 10.2 Å². The van der Waals surface area contributed by atoms with Gasteiger partial charge in [0, 0.05) is 18.8 Å². The SMILES string of the molecule is CCNc1ccc(C(=O)N(CC)c2cccc(F)c2)nn1. The highest BCUT2D eigenvalue weighted by Crippen LogP contribution is 2.17. The summed E-state index contributed by atoms with van der Waals surface area (Å²) in [4.78, 5) is 13.9. The molecule has 0 aliphatic rings. The van der Waals surface area contributed by atoms with Crippen molar-refractivity contribution in [2.45, 2.75) is 13.8 Å². The number of carbonyl (C=O) groups excluding carboxylic acids is 1. The van der Waals surface area contributed by atoms with E-state index in [2.05, 4.69) is 15.5 Å². The monoisotopic (exact) mass is 288 g/mol. The Kier molecular flexibility index (Phi) is 4.81. The number of hydrogen-bond donors (Lipinski definition) is 1. The highest BCUT2D eigenvalue weighted by atomic mass is 19.1. The van der Waals surface area contributed by atoms with Crippen LogP contribution >= 0.6 is 0 Å². The van der Waals surface area contributed by atoms with Gasteiger partial charge < -0.3 is 10.2 Å². The van der Waals surface area contributed by atoms with E-state index >= 15 is 0 Å². The van der Waals surface area contributed by atoms with Gasteiger partial charge in [-0.25, -0.2) is 4.39 Å². The number of benzene rings is 1. The van der Waals surface area contributed by atoms with Crippen LogP contribution in [0.25, 0.3) is 0 Å². The summed E-state index contributed by atoms with van der Waals surface area (Å²) < 4.78 is 13.3. The molecule has 0 aliphatic heterocycles. The van der Waals surface area contributed by atoms with Crippen molar-refractivity contribution in [2.75, 3.05) is 23.3 Å². The van der Waals surface area contributed by atoms with Crippen LogP contribution in [0.5, 0.6) is 0 Å². The molecule has 1 N–H and O–H groups in total. The van der Waals surface area contributed by atoms with Gasteiger partial charge in [-0.3, -0.25) is 4.79 Å². The summed E-state index contributed by atoms with van der Waals surface area (Å²) in [6.07, 6.45) is 0. The van der Waals surface area contributed by atoms with Gasteiger partial charge >= 0.3 is 0 Å². The first kappa shape index (κ1) is 14.9. The second kappa shape index (κ2) is 6.78. The van der Waals surface area contributed by atoms with Crippen molar-refractivity contribution in [2.24, 2.45) is 0 Å². The lowest BCUT2D eigenvalue weighted by atomic mass is 10.2. The first-order valence-electron chi connectivity index (χ1n) is 6.80. The molecule has 5 nitrogen and oxygen atoms in total. The molecule has 2 aromatic rings. The van der Waals surface area contributed by atoms with E-state index in [0.717, 1.165) is 6.54 Å². The van der Waals surface area contributed by atoms with Crippen molar-refractivity contribution < 1.29 is 9.18 Å².